The quantitative estimate of drug-likeness (QED) is 0.637. The molecule has 0 spiro atoms. The van der Waals surface area contributed by atoms with Crippen LogP contribution < -0.4 is 11.1 Å². The number of hydrogen-bond donors (Lipinski definition) is 3. The van der Waals surface area contributed by atoms with Crippen molar-refractivity contribution in [3.8, 4) is 23.2 Å². The molecule has 1 unspecified atom stereocenters. The van der Waals surface area contributed by atoms with E-state index in [2.05, 4.69) is 22.1 Å². The Morgan fingerprint density at radius 1 is 1.45 bits per heavy atom. The zero-order valence-corrected chi connectivity index (χ0v) is 17.5. The van der Waals surface area contributed by atoms with Crippen LogP contribution in [-0.4, -0.2) is 52.8 Å². The van der Waals surface area contributed by atoms with Gasteiger partial charge in [0.25, 0.3) is 11.8 Å². The minimum Gasteiger partial charge on any atom is -0.381 e. The molecular weight excluding hydrogens is 403 g/mol. The van der Waals surface area contributed by atoms with Crippen molar-refractivity contribution in [3.63, 3.8) is 0 Å². The molecule has 3 heterocycles. The molecule has 5 rings (SSSR count). The monoisotopic (exact) mass is 426 g/mol. The third-order valence-corrected chi connectivity index (χ3v) is 5.78. The van der Waals surface area contributed by atoms with Crippen LogP contribution in [0.2, 0.25) is 0 Å². The second kappa shape index (κ2) is 7.48. The lowest BCUT2D eigenvalue weighted by atomic mass is 9.75. The zero-order chi connectivity index (χ0) is 22.5. The van der Waals surface area contributed by atoms with Gasteiger partial charge in [0.1, 0.15) is 22.9 Å². The van der Waals surface area contributed by atoms with E-state index >= 15 is 0 Å². The molecule has 1 saturated carbocycles. The largest absolute Gasteiger partial charge is 0.381 e. The molecule has 2 amide bonds. The van der Waals surface area contributed by atoms with E-state index in [9.17, 15) is 19.1 Å². The number of benzene rings is 1. The first-order valence-corrected chi connectivity index (χ1v) is 9.89. The van der Waals surface area contributed by atoms with Gasteiger partial charge in [-0.25, -0.2) is 9.37 Å². The number of hydrogen-bond acceptors (Lipinski definition) is 5. The van der Waals surface area contributed by atoms with Crippen LogP contribution in [0.1, 0.15) is 63.8 Å². The van der Waals surface area contributed by atoms with Crippen LogP contribution in [0.15, 0.2) is 12.1 Å². The Morgan fingerprint density at radius 2 is 2.16 bits per heavy atom. The third kappa shape index (κ3) is 3.48. The topological polar surface area (TPSA) is 119 Å². The highest BCUT2D eigenvalue weighted by atomic mass is 19.1. The lowest BCUT2D eigenvalue weighted by molar-refractivity contribution is 0.0274. The van der Waals surface area contributed by atoms with E-state index in [4.69, 9.17) is 10.5 Å². The number of rotatable bonds is 4. The average molecular weight is 426 g/mol. The van der Waals surface area contributed by atoms with Crippen LogP contribution >= 0.6 is 0 Å². The van der Waals surface area contributed by atoms with Gasteiger partial charge in [0, 0.05) is 25.8 Å². The fraction of sp³-hybridized carbons (Fsp3) is 0.409. The maximum atomic E-state index is 14.9. The van der Waals surface area contributed by atoms with E-state index < -0.39 is 23.2 Å². The highest BCUT2D eigenvalue weighted by molar-refractivity contribution is 6.05. The fourth-order valence-electron chi connectivity index (χ4n) is 4.27. The second-order valence-electron chi connectivity index (χ2n) is 8.14. The molecule has 162 valence electrons. The Balaban J connectivity index is 1.92. The number of ether oxygens (including phenoxy) is 1. The Labute approximate surface area is 178 Å². The van der Waals surface area contributed by atoms with Crippen LogP contribution in [-0.2, 0) is 4.74 Å². The van der Waals surface area contributed by atoms with Gasteiger partial charge in [-0.3, -0.25) is 9.59 Å². The molecule has 2 aliphatic heterocycles. The summed E-state index contributed by atoms with van der Waals surface area (Å²) in [5.74, 6) is 4.03. The number of methoxy groups -OCH3 is 1. The highest BCUT2D eigenvalue weighted by Gasteiger charge is 2.42. The molecule has 1 aromatic heterocycles. The van der Waals surface area contributed by atoms with Gasteiger partial charge in [0.2, 0.25) is 0 Å². The molecule has 0 radical (unpaired) electrons. The van der Waals surface area contributed by atoms with Crippen LogP contribution in [0, 0.1) is 17.7 Å². The average Bonchev–Trinajstić information content (AvgIpc) is 2.95. The van der Waals surface area contributed by atoms with Gasteiger partial charge in [0.05, 0.1) is 12.2 Å². The predicted octanol–water partition coefficient (Wildman–Crippen LogP) is 1.33. The number of aliphatic hydroxyl groups is 1. The summed E-state index contributed by atoms with van der Waals surface area (Å²) in [6.07, 6.45) is 1.40. The van der Waals surface area contributed by atoms with Crippen LogP contribution in [0.3, 0.4) is 0 Å². The van der Waals surface area contributed by atoms with E-state index in [0.29, 0.717) is 24.2 Å². The predicted molar refractivity (Wildman–Crippen MR) is 110 cm³/mol. The van der Waals surface area contributed by atoms with E-state index in [-0.39, 0.29) is 35.5 Å². The van der Waals surface area contributed by atoms with Crippen LogP contribution in [0.25, 0.3) is 11.4 Å². The minimum atomic E-state index is -1.44. The molecular formula is C22H23FN4O4. The standard InChI is InChI=1S/C22H23FN4O4/c1-22(30,10-31-3)5-4-11-8-15-14(9-16(11)23)12-6-13(7-12)27-18(21(29)25-2)17(19(24)28)26-20(15)27/h8-9,12-13,30H,6-7,10H2,1-3H3,(H2,24,28)(H,25,29). The molecule has 3 aliphatic rings. The molecule has 1 aromatic carbocycles. The Hall–Kier alpha value is -3.22. The van der Waals surface area contributed by atoms with Crippen LogP contribution in [0.5, 0.6) is 0 Å². The maximum absolute atomic E-state index is 14.9. The fourth-order valence-corrected chi connectivity index (χ4v) is 4.27. The van der Waals surface area contributed by atoms with E-state index in [0.717, 1.165) is 5.56 Å². The number of carbonyl (C=O) groups excluding carboxylic acids is 2. The number of nitrogens with one attached hydrogen (secondary N) is 1. The Morgan fingerprint density at radius 3 is 2.77 bits per heavy atom. The normalized spacial score (nSPS) is 20.2. The van der Waals surface area contributed by atoms with Crippen molar-refractivity contribution in [3.05, 3.63) is 40.5 Å². The number of primary amides is 1. The maximum Gasteiger partial charge on any atom is 0.270 e. The first-order chi connectivity index (χ1) is 14.7. The van der Waals surface area contributed by atoms with Gasteiger partial charge in [-0.1, -0.05) is 11.8 Å². The van der Waals surface area contributed by atoms with Crippen molar-refractivity contribution >= 4 is 11.8 Å². The van der Waals surface area contributed by atoms with Crippen molar-refractivity contribution in [2.75, 3.05) is 20.8 Å². The smallest absolute Gasteiger partial charge is 0.270 e. The first-order valence-electron chi connectivity index (χ1n) is 9.89. The Bertz CT molecular complexity index is 1150. The van der Waals surface area contributed by atoms with Crippen molar-refractivity contribution < 1.29 is 23.8 Å². The number of nitrogens with two attached hydrogens (primary N) is 1. The number of nitrogens with zero attached hydrogens (tertiary/aromatic N) is 2. The Kier molecular flexibility index (Phi) is 5.07. The van der Waals surface area contributed by atoms with Crippen molar-refractivity contribution in [1.82, 2.24) is 14.9 Å². The SMILES string of the molecule is CNC(=O)c1c(C(N)=O)nc2n1C1CC(C1)c1cc(F)c(C#CC(C)(O)COC)cc1-2. The lowest BCUT2D eigenvalue weighted by Crippen LogP contribution is -2.30. The zero-order valence-electron chi connectivity index (χ0n) is 17.5. The first kappa shape index (κ1) is 21.0. The van der Waals surface area contributed by atoms with Gasteiger partial charge >= 0.3 is 0 Å². The van der Waals surface area contributed by atoms with E-state index in [1.807, 2.05) is 0 Å². The molecule has 2 bridgehead atoms. The lowest BCUT2D eigenvalue weighted by Gasteiger charge is -2.35. The number of amides is 2. The van der Waals surface area contributed by atoms with Gasteiger partial charge < -0.3 is 25.5 Å². The van der Waals surface area contributed by atoms with E-state index in [1.54, 1.807) is 10.6 Å². The molecule has 8 nitrogen and oxygen atoms in total. The highest BCUT2D eigenvalue weighted by Crippen LogP contribution is 2.53. The van der Waals surface area contributed by atoms with Gasteiger partial charge in [-0.2, -0.15) is 0 Å². The molecule has 0 saturated heterocycles. The van der Waals surface area contributed by atoms with E-state index in [1.165, 1.54) is 27.1 Å². The summed E-state index contributed by atoms with van der Waals surface area (Å²) in [7, 11) is 2.90. The van der Waals surface area contributed by atoms with Gasteiger partial charge in [-0.15, -0.1) is 0 Å². The summed E-state index contributed by atoms with van der Waals surface area (Å²) in [4.78, 5) is 29.0. The minimum absolute atomic E-state index is 0.0296. The van der Waals surface area contributed by atoms with Crippen molar-refractivity contribution in [2.24, 2.45) is 5.73 Å². The van der Waals surface area contributed by atoms with Crippen LogP contribution in [0.4, 0.5) is 4.39 Å². The molecule has 1 fully saturated rings. The summed E-state index contributed by atoms with van der Waals surface area (Å²) in [6, 6.07) is 2.94. The molecule has 1 atom stereocenters. The number of halogens is 1. The summed E-state index contributed by atoms with van der Waals surface area (Å²) >= 11 is 0. The molecule has 1 aliphatic carbocycles. The molecule has 4 N–H and O–H groups in total. The second-order valence-corrected chi connectivity index (χ2v) is 8.14. The van der Waals surface area contributed by atoms with Gasteiger partial charge in [-0.05, 0) is 43.4 Å². The molecule has 2 aromatic rings. The number of aromatic nitrogens is 2. The van der Waals surface area contributed by atoms with Crippen molar-refractivity contribution in [1.29, 1.82) is 0 Å². The van der Waals surface area contributed by atoms with Crippen molar-refractivity contribution in [2.45, 2.75) is 37.3 Å². The molecule has 9 heteroatoms. The summed E-state index contributed by atoms with van der Waals surface area (Å²) in [5.41, 5.74) is 5.47. The van der Waals surface area contributed by atoms with Gasteiger partial charge in [0.15, 0.2) is 5.69 Å². The number of imidazole rings is 1. The summed E-state index contributed by atoms with van der Waals surface area (Å²) < 4.78 is 21.5. The number of carbonyl (C=O) groups is 2. The summed E-state index contributed by atoms with van der Waals surface area (Å²) in [6.45, 7) is 1.44. The summed E-state index contributed by atoms with van der Waals surface area (Å²) in [5, 5.41) is 12.7. The molecule has 31 heavy (non-hydrogen) atoms. The third-order valence-electron chi connectivity index (χ3n) is 5.78.